The molecule has 0 saturated carbocycles. The Balaban J connectivity index is 3.54. The number of benzene rings is 1. The van der Waals surface area contributed by atoms with Crippen molar-refractivity contribution in [1.29, 1.82) is 0 Å². The lowest BCUT2D eigenvalue weighted by atomic mass is 10.1. The maximum absolute atomic E-state index is 11.2. The monoisotopic (exact) mass is 209 g/mol. The van der Waals surface area contributed by atoms with Crippen molar-refractivity contribution < 1.29 is 14.5 Å². The van der Waals surface area contributed by atoms with Crippen molar-refractivity contribution >= 4 is 11.5 Å². The highest BCUT2D eigenvalue weighted by molar-refractivity contribution is 5.98. The van der Waals surface area contributed by atoms with Gasteiger partial charge >= 0.3 is 5.69 Å². The molecule has 0 fully saturated rings. The molecule has 0 radical (unpaired) electrons. The number of hydrogen-bond donors (Lipinski definition) is 0. The van der Waals surface area contributed by atoms with E-state index in [1.807, 2.05) is 0 Å². The fourth-order valence-corrected chi connectivity index (χ4v) is 1.38. The topological polar surface area (TPSA) is 69.4 Å². The first-order valence-corrected chi connectivity index (χ1v) is 4.32. The highest BCUT2D eigenvalue weighted by Gasteiger charge is 2.23. The van der Waals surface area contributed by atoms with Crippen molar-refractivity contribution in [3.8, 4) is 5.75 Å². The van der Waals surface area contributed by atoms with E-state index in [1.165, 1.54) is 26.2 Å². The van der Waals surface area contributed by atoms with E-state index in [0.717, 1.165) is 0 Å². The highest BCUT2D eigenvalue weighted by Crippen LogP contribution is 2.34. The molecule has 5 heteroatoms. The minimum absolute atomic E-state index is 0.0347. The Morgan fingerprint density at radius 1 is 1.47 bits per heavy atom. The number of Topliss-reactive ketones (excluding diaryl/α,β-unsaturated/α-hetero) is 1. The molecule has 0 unspecified atom stereocenters. The van der Waals surface area contributed by atoms with Crippen molar-refractivity contribution in [3.05, 3.63) is 33.4 Å². The van der Waals surface area contributed by atoms with Crippen molar-refractivity contribution in [2.75, 3.05) is 7.11 Å². The third-order valence-corrected chi connectivity index (χ3v) is 2.10. The number of nitrogens with zero attached hydrogens (tertiary/aromatic N) is 1. The summed E-state index contributed by atoms with van der Waals surface area (Å²) in [5.74, 6) is -0.220. The predicted molar refractivity (Wildman–Crippen MR) is 54.4 cm³/mol. The maximum atomic E-state index is 11.2. The van der Waals surface area contributed by atoms with Crippen LogP contribution in [0.15, 0.2) is 12.1 Å². The van der Waals surface area contributed by atoms with Crippen LogP contribution in [0.1, 0.15) is 22.8 Å². The summed E-state index contributed by atoms with van der Waals surface area (Å²) in [5.41, 5.74) is 0.557. The molecule has 0 bridgehead atoms. The molecule has 1 rings (SSSR count). The molecule has 0 atom stereocenters. The number of nitro benzene ring substituents is 1. The van der Waals surface area contributed by atoms with E-state index in [9.17, 15) is 14.9 Å². The van der Waals surface area contributed by atoms with Gasteiger partial charge < -0.3 is 4.74 Å². The number of carbonyl (C=O) groups is 1. The third-order valence-electron chi connectivity index (χ3n) is 2.10. The average Bonchev–Trinajstić information content (AvgIpc) is 2.15. The van der Waals surface area contributed by atoms with Gasteiger partial charge in [-0.1, -0.05) is 6.07 Å². The van der Waals surface area contributed by atoms with E-state index in [0.29, 0.717) is 5.56 Å². The summed E-state index contributed by atoms with van der Waals surface area (Å²) in [6.07, 6.45) is 0. The minimum Gasteiger partial charge on any atom is -0.490 e. The summed E-state index contributed by atoms with van der Waals surface area (Å²) in [7, 11) is 1.31. The number of ether oxygens (including phenoxy) is 1. The van der Waals surface area contributed by atoms with Gasteiger partial charge in [0.1, 0.15) is 0 Å². The Labute approximate surface area is 86.8 Å². The second-order valence-corrected chi connectivity index (χ2v) is 3.13. The van der Waals surface area contributed by atoms with Crippen molar-refractivity contribution in [2.24, 2.45) is 0 Å². The lowest BCUT2D eigenvalue weighted by Gasteiger charge is -2.07. The van der Waals surface area contributed by atoms with Gasteiger partial charge in [0.15, 0.2) is 5.78 Å². The van der Waals surface area contributed by atoms with E-state index >= 15 is 0 Å². The molecule has 5 nitrogen and oxygen atoms in total. The largest absolute Gasteiger partial charge is 0.490 e. The van der Waals surface area contributed by atoms with Gasteiger partial charge in [-0.25, -0.2) is 0 Å². The zero-order valence-corrected chi connectivity index (χ0v) is 8.73. The molecule has 0 aromatic heterocycles. The zero-order chi connectivity index (χ0) is 11.6. The molecule has 0 saturated heterocycles. The molecule has 0 spiro atoms. The van der Waals surface area contributed by atoms with Gasteiger partial charge in [0.05, 0.1) is 17.6 Å². The number of methoxy groups -OCH3 is 1. The van der Waals surface area contributed by atoms with Crippen molar-refractivity contribution in [2.45, 2.75) is 13.8 Å². The van der Waals surface area contributed by atoms with Crippen molar-refractivity contribution in [3.63, 3.8) is 0 Å². The van der Waals surface area contributed by atoms with E-state index < -0.39 is 4.92 Å². The van der Waals surface area contributed by atoms with Gasteiger partial charge in [-0.2, -0.15) is 0 Å². The Hall–Kier alpha value is -1.91. The molecular formula is C10H11NO4. The first-order valence-electron chi connectivity index (χ1n) is 4.32. The summed E-state index contributed by atoms with van der Waals surface area (Å²) in [5, 5.41) is 10.8. The number of hydrogen-bond acceptors (Lipinski definition) is 4. The fourth-order valence-electron chi connectivity index (χ4n) is 1.38. The van der Waals surface area contributed by atoms with Crippen LogP contribution >= 0.6 is 0 Å². The van der Waals surface area contributed by atoms with Gasteiger partial charge in [0.25, 0.3) is 0 Å². The molecule has 0 heterocycles. The third kappa shape index (κ3) is 1.96. The van der Waals surface area contributed by atoms with Crippen LogP contribution in [0.3, 0.4) is 0 Å². The summed E-state index contributed by atoms with van der Waals surface area (Å²) < 4.78 is 4.92. The second kappa shape index (κ2) is 4.08. The van der Waals surface area contributed by atoms with Gasteiger partial charge in [0.2, 0.25) is 5.75 Å². The van der Waals surface area contributed by atoms with Crippen LogP contribution in [0.4, 0.5) is 5.69 Å². The van der Waals surface area contributed by atoms with Gasteiger partial charge in [-0.05, 0) is 19.9 Å². The molecule has 0 N–H and O–H groups in total. The normalized spacial score (nSPS) is 9.80. The Kier molecular flexibility index (Phi) is 3.04. The average molecular weight is 209 g/mol. The first-order chi connectivity index (χ1) is 6.99. The first kappa shape index (κ1) is 11.2. The molecule has 0 aliphatic carbocycles. The van der Waals surface area contributed by atoms with E-state index in [4.69, 9.17) is 4.74 Å². The number of ketones is 1. The molecule has 1 aromatic carbocycles. The minimum atomic E-state index is -0.541. The SMILES string of the molecule is COc1c(C(C)=O)ccc(C)c1[N+](=O)[O-]. The molecule has 0 amide bonds. The van der Waals surface area contributed by atoms with E-state index in [1.54, 1.807) is 6.92 Å². The standard InChI is InChI=1S/C10H11NO4/c1-6-4-5-8(7(2)12)10(15-3)9(6)11(13)14/h4-5H,1-3H3. The number of carbonyl (C=O) groups excluding carboxylic acids is 1. The summed E-state index contributed by atoms with van der Waals surface area (Å²) >= 11 is 0. The van der Waals surface area contributed by atoms with Gasteiger partial charge in [0, 0.05) is 5.56 Å². The summed E-state index contributed by atoms with van der Waals surface area (Å²) in [6, 6.07) is 3.07. The fraction of sp³-hybridized carbons (Fsp3) is 0.300. The van der Waals surface area contributed by atoms with Gasteiger partial charge in [-0.15, -0.1) is 0 Å². The Morgan fingerprint density at radius 3 is 2.47 bits per heavy atom. The van der Waals surface area contributed by atoms with Crippen LogP contribution < -0.4 is 4.74 Å². The van der Waals surface area contributed by atoms with Crippen LogP contribution in [-0.2, 0) is 0 Å². The van der Waals surface area contributed by atoms with Crippen LogP contribution in [0, 0.1) is 17.0 Å². The van der Waals surface area contributed by atoms with Crippen LogP contribution in [0.5, 0.6) is 5.75 Å². The molecular weight excluding hydrogens is 198 g/mol. The molecule has 15 heavy (non-hydrogen) atoms. The molecule has 1 aromatic rings. The number of rotatable bonds is 3. The van der Waals surface area contributed by atoms with E-state index in [2.05, 4.69) is 0 Å². The lowest BCUT2D eigenvalue weighted by molar-refractivity contribution is -0.386. The van der Waals surface area contributed by atoms with Crippen molar-refractivity contribution in [1.82, 2.24) is 0 Å². The maximum Gasteiger partial charge on any atom is 0.314 e. The molecule has 80 valence electrons. The number of aryl methyl sites for hydroxylation is 1. The van der Waals surface area contributed by atoms with Crippen LogP contribution in [0.2, 0.25) is 0 Å². The predicted octanol–water partition coefficient (Wildman–Crippen LogP) is 2.11. The Morgan fingerprint density at radius 2 is 2.07 bits per heavy atom. The second-order valence-electron chi connectivity index (χ2n) is 3.13. The highest BCUT2D eigenvalue weighted by atomic mass is 16.6. The smallest absolute Gasteiger partial charge is 0.314 e. The van der Waals surface area contributed by atoms with Crippen LogP contribution in [0.25, 0.3) is 0 Å². The lowest BCUT2D eigenvalue weighted by Crippen LogP contribution is -2.03. The zero-order valence-electron chi connectivity index (χ0n) is 8.73. The Bertz CT molecular complexity index is 426. The quantitative estimate of drug-likeness (QED) is 0.434. The number of nitro groups is 1. The summed E-state index contributed by atoms with van der Waals surface area (Å²) in [6.45, 7) is 2.95. The summed E-state index contributed by atoms with van der Waals surface area (Å²) in [4.78, 5) is 21.5. The molecule has 0 aliphatic rings. The van der Waals surface area contributed by atoms with Gasteiger partial charge in [-0.3, -0.25) is 14.9 Å². The van der Waals surface area contributed by atoms with E-state index in [-0.39, 0.29) is 22.8 Å². The van der Waals surface area contributed by atoms with Crippen LogP contribution in [-0.4, -0.2) is 17.8 Å². The molecule has 0 aliphatic heterocycles.